The molecule has 0 rings (SSSR count). The van der Waals surface area contributed by atoms with Gasteiger partial charge in [-0.15, -0.1) is 11.6 Å². The summed E-state index contributed by atoms with van der Waals surface area (Å²) in [7, 11) is 0. The third kappa shape index (κ3) is 5.74. The van der Waals surface area contributed by atoms with Gasteiger partial charge in [0, 0.05) is 11.9 Å². The van der Waals surface area contributed by atoms with Crippen molar-refractivity contribution < 1.29 is 4.79 Å². The van der Waals surface area contributed by atoms with E-state index in [2.05, 4.69) is 19.2 Å². The molecule has 0 aromatic rings. The van der Waals surface area contributed by atoms with Crippen LogP contribution in [0.2, 0.25) is 0 Å². The number of unbranched alkanes of at least 4 members (excludes halogenated alkanes) is 2. The van der Waals surface area contributed by atoms with Crippen molar-refractivity contribution in [2.24, 2.45) is 5.41 Å². The molecule has 2 nitrogen and oxygen atoms in total. The zero-order valence-electron chi connectivity index (χ0n) is 11.1. The molecule has 0 saturated heterocycles. The molecule has 0 aliphatic heterocycles. The molecule has 0 heterocycles. The summed E-state index contributed by atoms with van der Waals surface area (Å²) in [6.07, 6.45) is 5.72. The normalized spacial score (nSPS) is 13.6. The first-order valence-electron chi connectivity index (χ1n) is 6.34. The van der Waals surface area contributed by atoms with Crippen LogP contribution in [0.15, 0.2) is 0 Å². The number of halogens is 1. The van der Waals surface area contributed by atoms with Gasteiger partial charge in [0.15, 0.2) is 0 Å². The second kappa shape index (κ2) is 7.94. The van der Waals surface area contributed by atoms with Gasteiger partial charge in [-0.1, -0.05) is 33.1 Å². The van der Waals surface area contributed by atoms with E-state index in [1.54, 1.807) is 0 Å². The Balaban J connectivity index is 4.06. The van der Waals surface area contributed by atoms with Crippen LogP contribution in [0.1, 0.15) is 59.8 Å². The smallest absolute Gasteiger partial charge is 0.227 e. The third-order valence-corrected chi connectivity index (χ3v) is 3.60. The van der Waals surface area contributed by atoms with Gasteiger partial charge in [0.1, 0.15) is 0 Å². The molecule has 1 amide bonds. The number of hydrogen-bond acceptors (Lipinski definition) is 1. The van der Waals surface area contributed by atoms with Crippen molar-refractivity contribution in [2.45, 2.75) is 65.8 Å². The van der Waals surface area contributed by atoms with E-state index in [1.807, 2.05) is 13.8 Å². The number of rotatable bonds is 8. The van der Waals surface area contributed by atoms with Crippen LogP contribution in [0, 0.1) is 5.41 Å². The topological polar surface area (TPSA) is 29.1 Å². The number of hydrogen-bond donors (Lipinski definition) is 1. The van der Waals surface area contributed by atoms with Crippen LogP contribution in [0.25, 0.3) is 0 Å². The van der Waals surface area contributed by atoms with E-state index in [4.69, 9.17) is 11.6 Å². The highest BCUT2D eigenvalue weighted by molar-refractivity contribution is 6.19. The van der Waals surface area contributed by atoms with Gasteiger partial charge in [0.2, 0.25) is 5.91 Å². The second-order valence-corrected chi connectivity index (χ2v) is 5.36. The van der Waals surface area contributed by atoms with Gasteiger partial charge in [-0.2, -0.15) is 0 Å². The van der Waals surface area contributed by atoms with E-state index >= 15 is 0 Å². The molecule has 3 heteroatoms. The Labute approximate surface area is 105 Å². The van der Waals surface area contributed by atoms with Crippen LogP contribution in [0.4, 0.5) is 0 Å². The predicted molar refractivity (Wildman–Crippen MR) is 70.9 cm³/mol. The number of carbonyl (C=O) groups excluding carboxylic acids is 1. The molecule has 96 valence electrons. The second-order valence-electron chi connectivity index (χ2n) is 5.09. The van der Waals surface area contributed by atoms with E-state index in [0.29, 0.717) is 11.9 Å². The molecular weight excluding hydrogens is 222 g/mol. The van der Waals surface area contributed by atoms with Crippen LogP contribution in [0.3, 0.4) is 0 Å². The van der Waals surface area contributed by atoms with Crippen LogP contribution < -0.4 is 5.32 Å². The minimum Gasteiger partial charge on any atom is -0.353 e. The molecule has 0 radical (unpaired) electrons. The number of carbonyl (C=O) groups is 1. The minimum atomic E-state index is -0.459. The summed E-state index contributed by atoms with van der Waals surface area (Å²) in [5.74, 6) is 0.440. The lowest BCUT2D eigenvalue weighted by atomic mass is 9.94. The van der Waals surface area contributed by atoms with E-state index in [9.17, 15) is 4.79 Å². The molecule has 0 spiro atoms. The van der Waals surface area contributed by atoms with Crippen molar-refractivity contribution in [3.05, 3.63) is 0 Å². The standard InChI is InChI=1S/C13H26ClNO/c1-5-7-8-9-11(6-2)15-12(16)13(3,4)10-14/h11H,5-10H2,1-4H3,(H,15,16). The zero-order chi connectivity index (χ0) is 12.6. The minimum absolute atomic E-state index is 0.0749. The summed E-state index contributed by atoms with van der Waals surface area (Å²) in [5, 5.41) is 3.09. The molecule has 1 atom stereocenters. The Morgan fingerprint density at radius 2 is 1.94 bits per heavy atom. The molecule has 0 bridgehead atoms. The molecule has 0 fully saturated rings. The van der Waals surface area contributed by atoms with E-state index in [0.717, 1.165) is 12.8 Å². The summed E-state index contributed by atoms with van der Waals surface area (Å²) in [6.45, 7) is 8.07. The van der Waals surface area contributed by atoms with Gasteiger partial charge in [0.25, 0.3) is 0 Å². The van der Waals surface area contributed by atoms with Gasteiger partial charge in [0.05, 0.1) is 5.41 Å². The fourth-order valence-corrected chi connectivity index (χ4v) is 1.58. The molecular formula is C13H26ClNO. The largest absolute Gasteiger partial charge is 0.353 e. The van der Waals surface area contributed by atoms with Crippen molar-refractivity contribution in [1.29, 1.82) is 0 Å². The highest BCUT2D eigenvalue weighted by Crippen LogP contribution is 2.18. The molecule has 0 aromatic heterocycles. The van der Waals surface area contributed by atoms with Gasteiger partial charge >= 0.3 is 0 Å². The van der Waals surface area contributed by atoms with Crippen molar-refractivity contribution >= 4 is 17.5 Å². The summed E-state index contributed by atoms with van der Waals surface area (Å²) in [5.41, 5.74) is -0.459. The van der Waals surface area contributed by atoms with Crippen molar-refractivity contribution in [2.75, 3.05) is 5.88 Å². The molecule has 0 aliphatic carbocycles. The van der Waals surface area contributed by atoms with E-state index in [1.165, 1.54) is 19.3 Å². The molecule has 0 saturated carbocycles. The molecule has 16 heavy (non-hydrogen) atoms. The molecule has 0 aromatic carbocycles. The average molecular weight is 248 g/mol. The van der Waals surface area contributed by atoms with Crippen LogP contribution in [-0.4, -0.2) is 17.8 Å². The molecule has 1 unspecified atom stereocenters. The lowest BCUT2D eigenvalue weighted by Crippen LogP contribution is -2.43. The van der Waals surface area contributed by atoms with Crippen molar-refractivity contribution in [3.63, 3.8) is 0 Å². The first-order chi connectivity index (χ1) is 7.47. The summed E-state index contributed by atoms with van der Waals surface area (Å²) >= 11 is 5.78. The maximum absolute atomic E-state index is 11.9. The first-order valence-corrected chi connectivity index (χ1v) is 6.88. The fourth-order valence-electron chi connectivity index (χ4n) is 1.46. The summed E-state index contributed by atoms with van der Waals surface area (Å²) < 4.78 is 0. The summed E-state index contributed by atoms with van der Waals surface area (Å²) in [4.78, 5) is 11.9. The number of alkyl halides is 1. The fraction of sp³-hybridized carbons (Fsp3) is 0.923. The summed E-state index contributed by atoms with van der Waals surface area (Å²) in [6, 6.07) is 0.307. The van der Waals surface area contributed by atoms with Crippen LogP contribution >= 0.6 is 11.6 Å². The molecule has 1 N–H and O–H groups in total. The lowest BCUT2D eigenvalue weighted by molar-refractivity contribution is -0.129. The van der Waals surface area contributed by atoms with Gasteiger partial charge < -0.3 is 5.32 Å². The Morgan fingerprint density at radius 3 is 2.38 bits per heavy atom. The van der Waals surface area contributed by atoms with Gasteiger partial charge in [-0.05, 0) is 26.7 Å². The monoisotopic (exact) mass is 247 g/mol. The van der Waals surface area contributed by atoms with Crippen LogP contribution in [0.5, 0.6) is 0 Å². The Morgan fingerprint density at radius 1 is 1.31 bits per heavy atom. The third-order valence-electron chi connectivity index (χ3n) is 2.93. The van der Waals surface area contributed by atoms with Crippen molar-refractivity contribution in [3.8, 4) is 0 Å². The molecule has 0 aliphatic rings. The Kier molecular flexibility index (Phi) is 7.82. The zero-order valence-corrected chi connectivity index (χ0v) is 11.9. The average Bonchev–Trinajstić information content (AvgIpc) is 2.27. The quantitative estimate of drug-likeness (QED) is 0.514. The maximum atomic E-state index is 11.9. The lowest BCUT2D eigenvalue weighted by Gasteiger charge is -2.25. The van der Waals surface area contributed by atoms with Gasteiger partial charge in [-0.25, -0.2) is 0 Å². The maximum Gasteiger partial charge on any atom is 0.227 e. The SMILES string of the molecule is CCCCCC(CC)NC(=O)C(C)(C)CCl. The van der Waals surface area contributed by atoms with E-state index < -0.39 is 5.41 Å². The highest BCUT2D eigenvalue weighted by atomic mass is 35.5. The van der Waals surface area contributed by atoms with Gasteiger partial charge in [-0.3, -0.25) is 4.79 Å². The predicted octanol–water partition coefficient (Wildman–Crippen LogP) is 3.73. The van der Waals surface area contributed by atoms with E-state index in [-0.39, 0.29) is 5.91 Å². The Hall–Kier alpha value is -0.240. The highest BCUT2D eigenvalue weighted by Gasteiger charge is 2.27. The van der Waals surface area contributed by atoms with Crippen molar-refractivity contribution in [1.82, 2.24) is 5.32 Å². The number of amides is 1. The van der Waals surface area contributed by atoms with Crippen LogP contribution in [-0.2, 0) is 4.79 Å². The Bertz CT molecular complexity index is 204. The first kappa shape index (κ1) is 15.8. The number of nitrogens with one attached hydrogen (secondary N) is 1.